The first-order valence-electron chi connectivity index (χ1n) is 7.80. The molecule has 1 amide bonds. The van der Waals surface area contributed by atoms with Gasteiger partial charge in [0.25, 0.3) is 0 Å². The lowest BCUT2D eigenvalue weighted by Gasteiger charge is -2.35. The minimum Gasteiger partial charge on any atom is -0.506 e. The van der Waals surface area contributed by atoms with Crippen molar-refractivity contribution in [3.8, 4) is 5.75 Å². The average Bonchev–Trinajstić information content (AvgIpc) is 2.61. The van der Waals surface area contributed by atoms with Gasteiger partial charge in [-0.05, 0) is 30.7 Å². The second-order valence-electron chi connectivity index (χ2n) is 5.56. The summed E-state index contributed by atoms with van der Waals surface area (Å²) < 4.78 is 0. The Balaban J connectivity index is 1.48. The van der Waals surface area contributed by atoms with Gasteiger partial charge in [-0.2, -0.15) is 0 Å². The predicted molar refractivity (Wildman–Crippen MR) is 87.3 cm³/mol. The molecular formula is C17H20N4O2. The summed E-state index contributed by atoms with van der Waals surface area (Å²) in [6, 6.07) is 9.19. The third-order valence-electron chi connectivity index (χ3n) is 4.01. The first-order valence-corrected chi connectivity index (χ1v) is 7.80. The Morgan fingerprint density at radius 1 is 1.09 bits per heavy atom. The van der Waals surface area contributed by atoms with E-state index in [0.717, 1.165) is 24.6 Å². The molecule has 6 heteroatoms. The molecule has 0 saturated carbocycles. The first-order chi connectivity index (χ1) is 11.2. The van der Waals surface area contributed by atoms with E-state index in [1.165, 1.54) is 6.20 Å². The molecule has 3 rings (SSSR count). The fraction of sp³-hybridized carbons (Fsp3) is 0.353. The zero-order valence-corrected chi connectivity index (χ0v) is 12.9. The minimum absolute atomic E-state index is 0.164. The van der Waals surface area contributed by atoms with Gasteiger partial charge in [-0.1, -0.05) is 6.07 Å². The monoisotopic (exact) mass is 312 g/mol. The highest BCUT2D eigenvalue weighted by atomic mass is 16.3. The lowest BCUT2D eigenvalue weighted by atomic mass is 10.2. The molecule has 6 nitrogen and oxygen atoms in total. The highest BCUT2D eigenvalue weighted by Gasteiger charge is 2.21. The van der Waals surface area contributed by atoms with Crippen molar-refractivity contribution in [3.05, 3.63) is 48.4 Å². The highest BCUT2D eigenvalue weighted by Crippen LogP contribution is 2.16. The highest BCUT2D eigenvalue weighted by molar-refractivity contribution is 5.76. The molecule has 1 N–H and O–H groups in total. The van der Waals surface area contributed by atoms with E-state index in [1.54, 1.807) is 18.3 Å². The number of aromatic nitrogens is 2. The standard InChI is InChI=1S/C17H20N4O2/c22-15-5-6-16(19-13-15)20-9-11-21(12-10-20)17(23)7-4-14-3-1-2-8-18-14/h1-3,5-6,8,13,22H,4,7,9-12H2. The summed E-state index contributed by atoms with van der Waals surface area (Å²) in [5.41, 5.74) is 0.952. The molecule has 1 aliphatic heterocycles. The molecule has 23 heavy (non-hydrogen) atoms. The molecule has 2 aromatic rings. The fourth-order valence-electron chi connectivity index (χ4n) is 2.69. The van der Waals surface area contributed by atoms with Gasteiger partial charge in [0.2, 0.25) is 5.91 Å². The Morgan fingerprint density at radius 3 is 2.57 bits per heavy atom. The van der Waals surface area contributed by atoms with Crippen molar-refractivity contribution < 1.29 is 9.90 Å². The molecule has 3 heterocycles. The Labute approximate surface area is 135 Å². The van der Waals surface area contributed by atoms with Crippen LogP contribution in [0.25, 0.3) is 0 Å². The zero-order chi connectivity index (χ0) is 16.1. The van der Waals surface area contributed by atoms with E-state index in [0.29, 0.717) is 25.9 Å². The van der Waals surface area contributed by atoms with Gasteiger partial charge in [0.05, 0.1) is 6.20 Å². The van der Waals surface area contributed by atoms with E-state index < -0.39 is 0 Å². The molecule has 1 fully saturated rings. The smallest absolute Gasteiger partial charge is 0.223 e. The van der Waals surface area contributed by atoms with Crippen molar-refractivity contribution in [1.29, 1.82) is 0 Å². The molecule has 2 aromatic heterocycles. The number of pyridine rings is 2. The Kier molecular flexibility index (Phi) is 4.71. The lowest BCUT2D eigenvalue weighted by molar-refractivity contribution is -0.131. The number of carbonyl (C=O) groups excluding carboxylic acids is 1. The van der Waals surface area contributed by atoms with E-state index in [1.807, 2.05) is 23.1 Å². The van der Waals surface area contributed by atoms with Gasteiger partial charge in [-0.25, -0.2) is 4.98 Å². The zero-order valence-electron chi connectivity index (χ0n) is 12.9. The molecule has 0 bridgehead atoms. The van der Waals surface area contributed by atoms with Gasteiger partial charge in [-0.3, -0.25) is 9.78 Å². The number of anilines is 1. The number of amides is 1. The minimum atomic E-state index is 0.164. The predicted octanol–water partition coefficient (Wildman–Crippen LogP) is 1.46. The Morgan fingerprint density at radius 2 is 1.91 bits per heavy atom. The number of hydrogen-bond donors (Lipinski definition) is 1. The van der Waals surface area contributed by atoms with Crippen molar-refractivity contribution in [3.63, 3.8) is 0 Å². The van der Waals surface area contributed by atoms with E-state index in [9.17, 15) is 9.90 Å². The second kappa shape index (κ2) is 7.09. The fourth-order valence-corrected chi connectivity index (χ4v) is 2.69. The van der Waals surface area contributed by atoms with Crippen molar-refractivity contribution >= 4 is 11.7 Å². The summed E-state index contributed by atoms with van der Waals surface area (Å²) >= 11 is 0. The van der Waals surface area contributed by atoms with E-state index in [4.69, 9.17) is 0 Å². The maximum Gasteiger partial charge on any atom is 0.223 e. The van der Waals surface area contributed by atoms with Gasteiger partial charge in [-0.15, -0.1) is 0 Å². The summed E-state index contributed by atoms with van der Waals surface area (Å²) in [5, 5.41) is 9.28. The molecule has 1 saturated heterocycles. The molecule has 0 atom stereocenters. The molecular weight excluding hydrogens is 292 g/mol. The van der Waals surface area contributed by atoms with Crippen molar-refractivity contribution in [2.24, 2.45) is 0 Å². The Bertz CT molecular complexity index is 637. The summed E-state index contributed by atoms with van der Waals surface area (Å²) in [5.74, 6) is 1.18. The maximum absolute atomic E-state index is 12.3. The van der Waals surface area contributed by atoms with Crippen LogP contribution in [0, 0.1) is 0 Å². The molecule has 0 aromatic carbocycles. The van der Waals surface area contributed by atoms with Crippen LogP contribution in [-0.2, 0) is 11.2 Å². The number of carbonyl (C=O) groups is 1. The van der Waals surface area contributed by atoms with Crippen molar-refractivity contribution in [2.75, 3.05) is 31.1 Å². The number of rotatable bonds is 4. The third kappa shape index (κ3) is 3.97. The SMILES string of the molecule is O=C(CCc1ccccn1)N1CCN(c2ccc(O)cn2)CC1. The molecule has 0 spiro atoms. The summed E-state index contributed by atoms with van der Waals surface area (Å²) in [4.78, 5) is 24.8. The average molecular weight is 312 g/mol. The molecule has 0 aliphatic carbocycles. The van der Waals surface area contributed by atoms with Crippen LogP contribution in [0.1, 0.15) is 12.1 Å². The van der Waals surface area contributed by atoms with Gasteiger partial charge in [0, 0.05) is 44.5 Å². The molecule has 0 radical (unpaired) electrons. The quantitative estimate of drug-likeness (QED) is 0.925. The first kappa shape index (κ1) is 15.3. The van der Waals surface area contributed by atoms with Gasteiger partial charge >= 0.3 is 0 Å². The number of aryl methyl sites for hydroxylation is 1. The van der Waals surface area contributed by atoms with Crippen molar-refractivity contribution in [2.45, 2.75) is 12.8 Å². The number of nitrogens with zero attached hydrogens (tertiary/aromatic N) is 4. The normalized spacial score (nSPS) is 14.8. The second-order valence-corrected chi connectivity index (χ2v) is 5.56. The van der Waals surface area contributed by atoms with Gasteiger partial charge < -0.3 is 14.9 Å². The van der Waals surface area contributed by atoms with E-state index in [-0.39, 0.29) is 11.7 Å². The molecule has 120 valence electrons. The summed E-state index contributed by atoms with van der Waals surface area (Å²) in [6.07, 6.45) is 4.37. The van der Waals surface area contributed by atoms with Crippen LogP contribution in [0.5, 0.6) is 5.75 Å². The van der Waals surface area contributed by atoms with Crippen LogP contribution >= 0.6 is 0 Å². The van der Waals surface area contributed by atoms with Gasteiger partial charge in [0.1, 0.15) is 11.6 Å². The molecule has 1 aliphatic rings. The topological polar surface area (TPSA) is 69.6 Å². The largest absolute Gasteiger partial charge is 0.506 e. The maximum atomic E-state index is 12.3. The third-order valence-corrected chi connectivity index (χ3v) is 4.01. The van der Waals surface area contributed by atoms with E-state index in [2.05, 4.69) is 14.9 Å². The van der Waals surface area contributed by atoms with Crippen LogP contribution in [-0.4, -0.2) is 52.1 Å². The van der Waals surface area contributed by atoms with Crippen LogP contribution < -0.4 is 4.90 Å². The van der Waals surface area contributed by atoms with E-state index >= 15 is 0 Å². The lowest BCUT2D eigenvalue weighted by Crippen LogP contribution is -2.49. The number of hydrogen-bond acceptors (Lipinski definition) is 5. The summed E-state index contributed by atoms with van der Waals surface area (Å²) in [7, 11) is 0. The van der Waals surface area contributed by atoms with Crippen molar-refractivity contribution in [1.82, 2.24) is 14.9 Å². The number of piperazine rings is 1. The van der Waals surface area contributed by atoms with Crippen LogP contribution in [0.3, 0.4) is 0 Å². The van der Waals surface area contributed by atoms with Crippen LogP contribution in [0.2, 0.25) is 0 Å². The number of aromatic hydroxyl groups is 1. The van der Waals surface area contributed by atoms with Gasteiger partial charge in [0.15, 0.2) is 0 Å². The summed E-state index contributed by atoms with van der Waals surface area (Å²) in [6.45, 7) is 2.91. The molecule has 0 unspecified atom stereocenters. The van der Waals surface area contributed by atoms with Crippen LogP contribution in [0.15, 0.2) is 42.7 Å². The van der Waals surface area contributed by atoms with Crippen LogP contribution in [0.4, 0.5) is 5.82 Å². The Hall–Kier alpha value is -2.63.